The molecule has 8 heteroatoms. The van der Waals surface area contributed by atoms with Gasteiger partial charge in [-0.3, -0.25) is 0 Å². The lowest BCUT2D eigenvalue weighted by Gasteiger charge is -2.28. The molecule has 2 N–H and O–H groups in total. The van der Waals surface area contributed by atoms with Crippen molar-refractivity contribution >= 4 is 45.6 Å². The number of nitrogens with one attached hydrogen (secondary N) is 2. The molecule has 0 atom stereocenters. The van der Waals surface area contributed by atoms with Gasteiger partial charge >= 0.3 is 0 Å². The van der Waals surface area contributed by atoms with Crippen LogP contribution in [0.1, 0.15) is 11.1 Å². The first kappa shape index (κ1) is 21.5. The third-order valence-electron chi connectivity index (χ3n) is 5.77. The molecule has 0 bridgehead atoms. The second-order valence-corrected chi connectivity index (χ2v) is 8.62. The van der Waals surface area contributed by atoms with Crippen molar-refractivity contribution in [2.75, 3.05) is 31.1 Å². The van der Waals surface area contributed by atoms with Gasteiger partial charge in [0.2, 0.25) is 0 Å². The van der Waals surface area contributed by atoms with E-state index in [0.29, 0.717) is 15.6 Å². The lowest BCUT2D eigenvalue weighted by Crippen LogP contribution is -2.43. The number of halogens is 2. The highest BCUT2D eigenvalue weighted by atomic mass is 35.5. The fourth-order valence-corrected chi connectivity index (χ4v) is 4.61. The van der Waals surface area contributed by atoms with Crippen molar-refractivity contribution in [2.45, 2.75) is 0 Å². The maximum Gasteiger partial charge on any atom is 0.137 e. The van der Waals surface area contributed by atoms with Crippen molar-refractivity contribution in [2.24, 2.45) is 0 Å². The molecular formula is C25H20Cl2N6. The maximum absolute atomic E-state index is 9.44. The van der Waals surface area contributed by atoms with Crippen LogP contribution in [0.4, 0.5) is 5.82 Å². The molecule has 33 heavy (non-hydrogen) atoms. The number of benzene rings is 1. The molecule has 1 aliphatic heterocycles. The Labute approximate surface area is 201 Å². The van der Waals surface area contributed by atoms with Crippen molar-refractivity contribution < 1.29 is 0 Å². The van der Waals surface area contributed by atoms with E-state index in [4.69, 9.17) is 23.2 Å². The van der Waals surface area contributed by atoms with Crippen LogP contribution in [0.2, 0.25) is 10.0 Å². The molecule has 1 aliphatic rings. The number of nitriles is 1. The molecule has 0 unspecified atom stereocenters. The fourth-order valence-electron chi connectivity index (χ4n) is 4.09. The van der Waals surface area contributed by atoms with Crippen LogP contribution in [-0.2, 0) is 0 Å². The Morgan fingerprint density at radius 2 is 1.82 bits per heavy atom. The molecule has 0 radical (unpaired) electrons. The van der Waals surface area contributed by atoms with E-state index >= 15 is 0 Å². The number of aromatic nitrogens is 3. The van der Waals surface area contributed by atoms with E-state index < -0.39 is 0 Å². The smallest absolute Gasteiger partial charge is 0.137 e. The van der Waals surface area contributed by atoms with Crippen molar-refractivity contribution in [1.82, 2.24) is 20.3 Å². The summed E-state index contributed by atoms with van der Waals surface area (Å²) in [6.07, 6.45) is 7.05. The number of hydrogen-bond donors (Lipinski definition) is 2. The highest BCUT2D eigenvalue weighted by molar-refractivity contribution is 6.36. The lowest BCUT2D eigenvalue weighted by molar-refractivity contribution is 0.585. The molecule has 0 aliphatic carbocycles. The van der Waals surface area contributed by atoms with E-state index in [9.17, 15) is 5.26 Å². The third kappa shape index (κ3) is 4.31. The highest BCUT2D eigenvalue weighted by Gasteiger charge is 2.16. The number of pyridine rings is 2. The Balaban J connectivity index is 1.53. The molecule has 0 saturated carbocycles. The van der Waals surface area contributed by atoms with Gasteiger partial charge in [-0.25, -0.2) is 9.97 Å². The SMILES string of the molecule is N#C/C=C(\c1ccc(Cl)cc1Cl)c1c[nH]c2ncc(-c3ccc(N4CCNCC4)nc3)cc12. The van der Waals surface area contributed by atoms with E-state index in [0.717, 1.165) is 65.3 Å². The zero-order valence-corrected chi connectivity index (χ0v) is 19.2. The Hall–Kier alpha value is -3.37. The minimum absolute atomic E-state index is 0.482. The third-order valence-corrected chi connectivity index (χ3v) is 6.32. The molecule has 0 amide bonds. The summed E-state index contributed by atoms with van der Waals surface area (Å²) in [4.78, 5) is 14.8. The monoisotopic (exact) mass is 474 g/mol. The summed E-state index contributed by atoms with van der Waals surface area (Å²) in [5.41, 5.74) is 4.93. The Bertz CT molecular complexity index is 1380. The second kappa shape index (κ2) is 9.24. The molecule has 5 rings (SSSR count). The highest BCUT2D eigenvalue weighted by Crippen LogP contribution is 2.35. The van der Waals surface area contributed by atoms with Gasteiger partial charge in [0.1, 0.15) is 11.5 Å². The number of piperazine rings is 1. The van der Waals surface area contributed by atoms with Crippen molar-refractivity contribution in [1.29, 1.82) is 5.26 Å². The Morgan fingerprint density at radius 1 is 1.00 bits per heavy atom. The van der Waals surface area contributed by atoms with Crippen LogP contribution in [0.5, 0.6) is 0 Å². The van der Waals surface area contributed by atoms with Gasteiger partial charge in [0, 0.05) is 94.1 Å². The molecule has 6 nitrogen and oxygen atoms in total. The molecular weight excluding hydrogens is 455 g/mol. The lowest BCUT2D eigenvalue weighted by atomic mass is 9.96. The fraction of sp³-hybridized carbons (Fsp3) is 0.160. The van der Waals surface area contributed by atoms with Gasteiger partial charge in [0.15, 0.2) is 0 Å². The molecule has 4 aromatic rings. The quantitative estimate of drug-likeness (QED) is 0.392. The normalized spacial score (nSPS) is 14.5. The molecule has 164 valence electrons. The van der Waals surface area contributed by atoms with Crippen LogP contribution in [0.25, 0.3) is 27.7 Å². The zero-order valence-electron chi connectivity index (χ0n) is 17.6. The van der Waals surface area contributed by atoms with E-state index in [1.165, 1.54) is 6.08 Å². The molecule has 1 fully saturated rings. The Kier molecular flexibility index (Phi) is 6.01. The molecule has 3 aromatic heterocycles. The molecule has 4 heterocycles. The molecule has 0 spiro atoms. The topological polar surface area (TPSA) is 80.6 Å². The minimum Gasteiger partial charge on any atom is -0.354 e. The van der Waals surface area contributed by atoms with Crippen LogP contribution < -0.4 is 10.2 Å². The number of fused-ring (bicyclic) bond motifs is 1. The van der Waals surface area contributed by atoms with Gasteiger partial charge in [0.25, 0.3) is 0 Å². The zero-order chi connectivity index (χ0) is 22.8. The summed E-state index contributed by atoms with van der Waals surface area (Å²) in [7, 11) is 0. The van der Waals surface area contributed by atoms with Crippen LogP contribution in [0.3, 0.4) is 0 Å². The number of nitrogens with zero attached hydrogens (tertiary/aromatic N) is 4. The van der Waals surface area contributed by atoms with Crippen LogP contribution in [0.15, 0.2) is 61.1 Å². The van der Waals surface area contributed by atoms with Gasteiger partial charge in [-0.05, 0) is 30.3 Å². The van der Waals surface area contributed by atoms with Crippen LogP contribution >= 0.6 is 23.2 Å². The first-order chi connectivity index (χ1) is 16.1. The summed E-state index contributed by atoms with van der Waals surface area (Å²) in [5, 5.41) is 14.7. The number of rotatable bonds is 4. The van der Waals surface area contributed by atoms with E-state index in [-0.39, 0.29) is 0 Å². The van der Waals surface area contributed by atoms with E-state index in [2.05, 4.69) is 49.4 Å². The minimum atomic E-state index is 0.482. The number of anilines is 1. The summed E-state index contributed by atoms with van der Waals surface area (Å²) < 4.78 is 0. The van der Waals surface area contributed by atoms with Gasteiger partial charge in [-0.15, -0.1) is 0 Å². The van der Waals surface area contributed by atoms with Gasteiger partial charge < -0.3 is 15.2 Å². The summed E-state index contributed by atoms with van der Waals surface area (Å²) in [6.45, 7) is 3.84. The van der Waals surface area contributed by atoms with Crippen molar-refractivity contribution in [3.63, 3.8) is 0 Å². The first-order valence-electron chi connectivity index (χ1n) is 10.6. The standard InChI is InChI=1S/C25H20Cl2N6/c26-18-2-3-20(23(27)12-18)19(5-6-28)22-15-32-25-21(22)11-17(14-31-25)16-1-4-24(30-13-16)33-9-7-29-8-10-33/h1-5,11-15,29H,7-10H2,(H,31,32)/b19-5+. The van der Waals surface area contributed by atoms with E-state index in [1.807, 2.05) is 24.7 Å². The number of hydrogen-bond acceptors (Lipinski definition) is 5. The molecule has 1 aromatic carbocycles. The van der Waals surface area contributed by atoms with Crippen LogP contribution in [-0.4, -0.2) is 41.1 Å². The predicted octanol–water partition coefficient (Wildman–Crippen LogP) is 5.30. The number of allylic oxidation sites excluding steroid dienone is 1. The summed E-state index contributed by atoms with van der Waals surface area (Å²) >= 11 is 12.5. The van der Waals surface area contributed by atoms with Crippen molar-refractivity contribution in [3.8, 4) is 17.2 Å². The average Bonchev–Trinajstić information content (AvgIpc) is 3.27. The second-order valence-electron chi connectivity index (χ2n) is 7.78. The van der Waals surface area contributed by atoms with Gasteiger partial charge in [0.05, 0.1) is 6.07 Å². The average molecular weight is 475 g/mol. The molecule has 1 saturated heterocycles. The Morgan fingerprint density at radius 3 is 2.55 bits per heavy atom. The van der Waals surface area contributed by atoms with Gasteiger partial charge in [-0.1, -0.05) is 29.3 Å². The first-order valence-corrected chi connectivity index (χ1v) is 11.3. The predicted molar refractivity (Wildman–Crippen MR) is 134 cm³/mol. The van der Waals surface area contributed by atoms with Crippen molar-refractivity contribution in [3.05, 3.63) is 82.2 Å². The maximum atomic E-state index is 9.44. The summed E-state index contributed by atoms with van der Waals surface area (Å²) in [5.74, 6) is 0.980. The van der Waals surface area contributed by atoms with Crippen LogP contribution in [0, 0.1) is 11.3 Å². The van der Waals surface area contributed by atoms with Gasteiger partial charge in [-0.2, -0.15) is 5.26 Å². The summed E-state index contributed by atoms with van der Waals surface area (Å²) in [6, 6.07) is 13.6. The number of H-pyrrole nitrogens is 1. The van der Waals surface area contributed by atoms with E-state index in [1.54, 1.807) is 12.1 Å². The number of aromatic amines is 1. The largest absolute Gasteiger partial charge is 0.354 e.